The lowest BCUT2D eigenvalue weighted by Crippen LogP contribution is -2.15. The van der Waals surface area contributed by atoms with Gasteiger partial charge in [-0.3, -0.25) is 4.79 Å². The van der Waals surface area contributed by atoms with Gasteiger partial charge in [0.1, 0.15) is 5.75 Å². The second kappa shape index (κ2) is 9.75. The van der Waals surface area contributed by atoms with E-state index in [-0.39, 0.29) is 11.7 Å². The summed E-state index contributed by atoms with van der Waals surface area (Å²) in [5, 5.41) is 12.8. The summed E-state index contributed by atoms with van der Waals surface area (Å²) in [7, 11) is 1.90. The molecule has 1 N–H and O–H groups in total. The monoisotopic (exact) mass is 456 g/mol. The minimum absolute atomic E-state index is 0.117. The van der Waals surface area contributed by atoms with Gasteiger partial charge in [0.15, 0.2) is 11.0 Å². The maximum absolute atomic E-state index is 12.4. The lowest BCUT2D eigenvalue weighted by molar-refractivity contribution is -0.113. The van der Waals surface area contributed by atoms with Crippen LogP contribution in [-0.4, -0.2) is 32.5 Å². The lowest BCUT2D eigenvalue weighted by atomic mass is 10.2. The average molecular weight is 457 g/mol. The third kappa shape index (κ3) is 5.22. The van der Waals surface area contributed by atoms with Crippen molar-refractivity contribution >= 4 is 35.0 Å². The Hall–Kier alpha value is -2.51. The van der Waals surface area contributed by atoms with E-state index in [1.165, 1.54) is 24.6 Å². The van der Waals surface area contributed by atoms with Crippen molar-refractivity contribution in [2.75, 3.05) is 11.1 Å². The topological polar surface area (TPSA) is 69.0 Å². The van der Waals surface area contributed by atoms with Crippen molar-refractivity contribution < 1.29 is 9.53 Å². The molecule has 1 heterocycles. The van der Waals surface area contributed by atoms with Crippen LogP contribution in [0.25, 0.3) is 11.4 Å². The molecule has 0 bridgehead atoms. The smallest absolute Gasteiger partial charge is 0.234 e. The van der Waals surface area contributed by atoms with Crippen LogP contribution in [0.1, 0.15) is 31.2 Å². The fourth-order valence-corrected chi connectivity index (χ4v) is 4.52. The largest absolute Gasteiger partial charge is 0.490 e. The number of ether oxygens (including phenoxy) is 1. The van der Waals surface area contributed by atoms with E-state index in [1.807, 2.05) is 54.9 Å². The van der Waals surface area contributed by atoms with Crippen molar-refractivity contribution in [2.24, 2.45) is 7.05 Å². The van der Waals surface area contributed by atoms with Crippen molar-refractivity contribution in [3.63, 3.8) is 0 Å². The average Bonchev–Trinajstić information content (AvgIpc) is 3.40. The Kier molecular flexibility index (Phi) is 6.83. The van der Waals surface area contributed by atoms with Crippen LogP contribution in [-0.2, 0) is 11.8 Å². The molecule has 31 heavy (non-hydrogen) atoms. The van der Waals surface area contributed by atoms with Crippen LogP contribution in [0, 0.1) is 6.92 Å². The number of hydrogen-bond acceptors (Lipinski definition) is 5. The molecule has 6 nitrogen and oxygen atoms in total. The van der Waals surface area contributed by atoms with E-state index < -0.39 is 0 Å². The highest BCUT2D eigenvalue weighted by Crippen LogP contribution is 2.28. The molecule has 4 rings (SSSR count). The number of hydrogen-bond donors (Lipinski definition) is 1. The Morgan fingerprint density at radius 2 is 1.94 bits per heavy atom. The maximum Gasteiger partial charge on any atom is 0.234 e. The molecule has 0 unspecified atom stereocenters. The second-order valence-corrected chi connectivity index (χ2v) is 9.01. The van der Waals surface area contributed by atoms with Crippen LogP contribution in [0.15, 0.2) is 47.6 Å². The Balaban J connectivity index is 1.36. The molecule has 0 saturated heterocycles. The highest BCUT2D eigenvalue weighted by Gasteiger charge is 2.17. The van der Waals surface area contributed by atoms with Gasteiger partial charge in [-0.05, 0) is 74.6 Å². The summed E-state index contributed by atoms with van der Waals surface area (Å²) in [5.41, 5.74) is 2.53. The second-order valence-electron chi connectivity index (χ2n) is 7.66. The summed E-state index contributed by atoms with van der Waals surface area (Å²) in [5.74, 6) is 1.75. The quantitative estimate of drug-likeness (QED) is 0.475. The predicted molar refractivity (Wildman–Crippen MR) is 125 cm³/mol. The SMILES string of the molecule is Cc1c(Cl)cccc1NC(=O)CSc1nnc(-c2ccc(OC3CCCC3)cc2)n1C. The first-order valence-electron chi connectivity index (χ1n) is 10.4. The first-order chi connectivity index (χ1) is 15.0. The van der Waals surface area contributed by atoms with E-state index in [1.54, 1.807) is 6.07 Å². The van der Waals surface area contributed by atoms with E-state index in [0.29, 0.717) is 16.3 Å². The first-order valence-corrected chi connectivity index (χ1v) is 11.7. The fraction of sp³-hybridized carbons (Fsp3) is 0.348. The molecule has 1 aliphatic rings. The van der Waals surface area contributed by atoms with Gasteiger partial charge in [-0.15, -0.1) is 10.2 Å². The van der Waals surface area contributed by atoms with Crippen LogP contribution in [0.5, 0.6) is 5.75 Å². The highest BCUT2D eigenvalue weighted by molar-refractivity contribution is 7.99. The first kappa shape index (κ1) is 21.7. The molecular weight excluding hydrogens is 432 g/mol. The third-order valence-corrected chi connectivity index (χ3v) is 6.86. The van der Waals surface area contributed by atoms with Crippen molar-refractivity contribution in [1.29, 1.82) is 0 Å². The number of benzene rings is 2. The van der Waals surface area contributed by atoms with Crippen molar-refractivity contribution in [3.05, 3.63) is 53.1 Å². The molecule has 1 amide bonds. The van der Waals surface area contributed by atoms with Gasteiger partial charge in [0, 0.05) is 23.3 Å². The Labute approximate surface area is 191 Å². The van der Waals surface area contributed by atoms with Gasteiger partial charge >= 0.3 is 0 Å². The molecule has 0 radical (unpaired) electrons. The number of nitrogens with one attached hydrogen (secondary N) is 1. The molecule has 0 spiro atoms. The van der Waals surface area contributed by atoms with Gasteiger partial charge in [0.25, 0.3) is 0 Å². The summed E-state index contributed by atoms with van der Waals surface area (Å²) in [6, 6.07) is 13.4. The number of aromatic nitrogens is 3. The summed E-state index contributed by atoms with van der Waals surface area (Å²) < 4.78 is 7.93. The van der Waals surface area contributed by atoms with Crippen molar-refractivity contribution in [3.8, 4) is 17.1 Å². The normalized spacial score (nSPS) is 14.0. The summed E-state index contributed by atoms with van der Waals surface area (Å²) in [6.45, 7) is 1.88. The molecule has 3 aromatic rings. The van der Waals surface area contributed by atoms with Gasteiger partial charge in [-0.25, -0.2) is 0 Å². The molecular formula is C23H25ClN4O2S. The molecule has 0 atom stereocenters. The number of carbonyl (C=O) groups is 1. The van der Waals surface area contributed by atoms with Crippen LogP contribution in [0.2, 0.25) is 5.02 Å². The minimum atomic E-state index is -0.117. The zero-order chi connectivity index (χ0) is 21.8. The molecule has 1 aromatic heterocycles. The van der Waals surface area contributed by atoms with Gasteiger partial charge < -0.3 is 14.6 Å². The molecule has 162 valence electrons. The molecule has 8 heteroatoms. The van der Waals surface area contributed by atoms with E-state index in [0.717, 1.165) is 41.2 Å². The van der Waals surface area contributed by atoms with Crippen LogP contribution >= 0.6 is 23.4 Å². The molecule has 0 aliphatic heterocycles. The summed E-state index contributed by atoms with van der Waals surface area (Å²) in [4.78, 5) is 12.4. The van der Waals surface area contributed by atoms with E-state index in [4.69, 9.17) is 16.3 Å². The number of nitrogens with zero attached hydrogens (tertiary/aromatic N) is 3. The maximum atomic E-state index is 12.4. The number of anilines is 1. The third-order valence-electron chi connectivity index (χ3n) is 5.43. The summed E-state index contributed by atoms with van der Waals surface area (Å²) in [6.07, 6.45) is 5.11. The number of carbonyl (C=O) groups excluding carboxylic acids is 1. The van der Waals surface area contributed by atoms with E-state index in [9.17, 15) is 4.79 Å². The minimum Gasteiger partial charge on any atom is -0.490 e. The Morgan fingerprint density at radius 3 is 2.68 bits per heavy atom. The standard InChI is InChI=1S/C23H25ClN4O2S/c1-15-19(24)8-5-9-20(15)25-21(29)14-31-23-27-26-22(28(23)2)16-10-12-18(13-11-16)30-17-6-3-4-7-17/h5,8-13,17H,3-4,6-7,14H2,1-2H3,(H,25,29). The van der Waals surface area contributed by atoms with Crippen LogP contribution < -0.4 is 10.1 Å². The lowest BCUT2D eigenvalue weighted by Gasteiger charge is -2.13. The number of amides is 1. The molecule has 2 aromatic carbocycles. The van der Waals surface area contributed by atoms with Crippen LogP contribution in [0.3, 0.4) is 0 Å². The molecule has 1 aliphatic carbocycles. The van der Waals surface area contributed by atoms with E-state index >= 15 is 0 Å². The van der Waals surface area contributed by atoms with Crippen molar-refractivity contribution in [1.82, 2.24) is 14.8 Å². The van der Waals surface area contributed by atoms with Crippen molar-refractivity contribution in [2.45, 2.75) is 43.9 Å². The zero-order valence-electron chi connectivity index (χ0n) is 17.6. The highest BCUT2D eigenvalue weighted by atomic mass is 35.5. The number of thioether (sulfide) groups is 1. The summed E-state index contributed by atoms with van der Waals surface area (Å²) >= 11 is 7.46. The predicted octanol–water partition coefficient (Wildman–Crippen LogP) is 5.50. The molecule has 1 fully saturated rings. The fourth-order valence-electron chi connectivity index (χ4n) is 3.63. The Morgan fingerprint density at radius 1 is 1.19 bits per heavy atom. The van der Waals surface area contributed by atoms with Gasteiger partial charge in [-0.1, -0.05) is 29.4 Å². The zero-order valence-corrected chi connectivity index (χ0v) is 19.2. The van der Waals surface area contributed by atoms with Gasteiger partial charge in [0.05, 0.1) is 11.9 Å². The molecule has 1 saturated carbocycles. The number of halogens is 1. The Bertz CT molecular complexity index is 1060. The van der Waals surface area contributed by atoms with Crippen LogP contribution in [0.4, 0.5) is 5.69 Å². The van der Waals surface area contributed by atoms with E-state index in [2.05, 4.69) is 15.5 Å². The van der Waals surface area contributed by atoms with Gasteiger partial charge in [-0.2, -0.15) is 0 Å². The number of rotatable bonds is 7. The van der Waals surface area contributed by atoms with Gasteiger partial charge in [0.2, 0.25) is 5.91 Å².